The van der Waals surface area contributed by atoms with Gasteiger partial charge in [0.1, 0.15) is 5.60 Å². The van der Waals surface area contributed by atoms with Crippen LogP contribution in [0.2, 0.25) is 0 Å². The van der Waals surface area contributed by atoms with E-state index in [2.05, 4.69) is 4.98 Å². The molecule has 1 aromatic carbocycles. The van der Waals surface area contributed by atoms with Crippen molar-refractivity contribution in [2.45, 2.75) is 32.8 Å². The summed E-state index contributed by atoms with van der Waals surface area (Å²) in [5.74, 6) is -0.284. The number of H-pyrrole nitrogens is 1. The number of ether oxygens (including phenoxy) is 1. The zero-order chi connectivity index (χ0) is 18.0. The van der Waals surface area contributed by atoms with Gasteiger partial charge in [-0.1, -0.05) is 18.2 Å². The van der Waals surface area contributed by atoms with Gasteiger partial charge in [-0.15, -0.1) is 0 Å². The maximum atomic E-state index is 12.8. The van der Waals surface area contributed by atoms with Crippen LogP contribution in [-0.2, 0) is 16.0 Å². The lowest BCUT2D eigenvalue weighted by molar-refractivity contribution is -0.117. The van der Waals surface area contributed by atoms with Gasteiger partial charge in [-0.2, -0.15) is 4.90 Å². The quantitative estimate of drug-likeness (QED) is 0.772. The number of anilines is 1. The van der Waals surface area contributed by atoms with Gasteiger partial charge in [0.15, 0.2) is 0 Å². The Hall–Kier alpha value is -3.02. The molecular weight excluding hydrogens is 320 g/mol. The van der Waals surface area contributed by atoms with Crippen molar-refractivity contribution < 1.29 is 18.7 Å². The van der Waals surface area contributed by atoms with Gasteiger partial charge in [-0.25, -0.2) is 4.79 Å². The maximum absolute atomic E-state index is 12.8. The van der Waals surface area contributed by atoms with Crippen molar-refractivity contribution in [3.8, 4) is 0 Å². The first kappa shape index (κ1) is 16.8. The van der Waals surface area contributed by atoms with E-state index in [0.717, 1.165) is 21.4 Å². The first-order valence-corrected chi connectivity index (χ1v) is 7.99. The highest BCUT2D eigenvalue weighted by molar-refractivity contribution is 6.12. The molecule has 2 aromatic heterocycles. The summed E-state index contributed by atoms with van der Waals surface area (Å²) in [6, 6.07) is 10.9. The number of para-hydroxylation sites is 1. The number of aromatic amines is 1. The van der Waals surface area contributed by atoms with Crippen LogP contribution in [0.1, 0.15) is 26.3 Å². The summed E-state index contributed by atoms with van der Waals surface area (Å²) in [5.41, 5.74) is 1.02. The monoisotopic (exact) mass is 340 g/mol. The van der Waals surface area contributed by atoms with Crippen molar-refractivity contribution >= 4 is 28.8 Å². The number of hydrogen-bond acceptors (Lipinski definition) is 4. The molecule has 6 heteroatoms. The van der Waals surface area contributed by atoms with E-state index in [1.54, 1.807) is 39.1 Å². The number of aromatic nitrogens is 1. The lowest BCUT2D eigenvalue weighted by Gasteiger charge is -2.24. The Bertz CT molecular complexity index is 888. The van der Waals surface area contributed by atoms with Crippen molar-refractivity contribution in [3.05, 3.63) is 54.4 Å². The van der Waals surface area contributed by atoms with Gasteiger partial charge in [0, 0.05) is 23.2 Å². The third-order valence-electron chi connectivity index (χ3n) is 3.57. The summed E-state index contributed by atoms with van der Waals surface area (Å²) in [7, 11) is 0. The second-order valence-electron chi connectivity index (χ2n) is 6.70. The number of hydrogen-bond donors (Lipinski definition) is 1. The molecule has 0 aliphatic rings. The minimum Gasteiger partial charge on any atom is -0.448 e. The first-order chi connectivity index (χ1) is 11.8. The molecule has 0 aliphatic heterocycles. The predicted molar refractivity (Wildman–Crippen MR) is 94.4 cm³/mol. The maximum Gasteiger partial charge on any atom is 0.424 e. The van der Waals surface area contributed by atoms with Gasteiger partial charge < -0.3 is 14.1 Å². The number of benzene rings is 1. The van der Waals surface area contributed by atoms with Gasteiger partial charge in [0.25, 0.3) is 0 Å². The van der Waals surface area contributed by atoms with Crippen LogP contribution in [0.15, 0.2) is 53.3 Å². The van der Waals surface area contributed by atoms with E-state index < -0.39 is 17.6 Å². The largest absolute Gasteiger partial charge is 0.448 e. The summed E-state index contributed by atoms with van der Waals surface area (Å²) < 4.78 is 10.6. The zero-order valence-electron chi connectivity index (χ0n) is 14.4. The van der Waals surface area contributed by atoms with E-state index in [-0.39, 0.29) is 12.3 Å². The highest BCUT2D eigenvalue weighted by Crippen LogP contribution is 2.23. The number of carbonyl (C=O) groups excluding carboxylic acids is 2. The van der Waals surface area contributed by atoms with Crippen LogP contribution < -0.4 is 4.90 Å². The van der Waals surface area contributed by atoms with E-state index >= 15 is 0 Å². The Morgan fingerprint density at radius 3 is 2.60 bits per heavy atom. The number of rotatable bonds is 3. The van der Waals surface area contributed by atoms with E-state index in [1.165, 1.54) is 6.26 Å². The van der Waals surface area contributed by atoms with Crippen molar-refractivity contribution in [2.24, 2.45) is 0 Å². The fourth-order valence-corrected chi connectivity index (χ4v) is 2.54. The van der Waals surface area contributed by atoms with Gasteiger partial charge in [0.2, 0.25) is 11.8 Å². The molecule has 6 nitrogen and oxygen atoms in total. The molecular formula is C19H20N2O4. The van der Waals surface area contributed by atoms with E-state index in [4.69, 9.17) is 9.15 Å². The number of fused-ring (bicyclic) bond motifs is 1. The summed E-state index contributed by atoms with van der Waals surface area (Å²) in [6.07, 6.45) is 2.47. The molecule has 2 heterocycles. The summed E-state index contributed by atoms with van der Waals surface area (Å²) in [5, 5.41) is 0.944. The third kappa shape index (κ3) is 3.74. The Balaban J connectivity index is 1.88. The van der Waals surface area contributed by atoms with Gasteiger partial charge in [0.05, 0.1) is 12.7 Å². The molecule has 1 N–H and O–H groups in total. The Kier molecular flexibility index (Phi) is 4.35. The fraction of sp³-hybridized carbons (Fsp3) is 0.263. The van der Waals surface area contributed by atoms with E-state index in [0.29, 0.717) is 0 Å². The molecule has 25 heavy (non-hydrogen) atoms. The SMILES string of the molecule is CC(C)(C)OC(=O)N(C(=O)Cc1c[nH]c2ccccc12)c1ccco1. The van der Waals surface area contributed by atoms with Crippen molar-refractivity contribution in [1.82, 2.24) is 4.98 Å². The number of amides is 2. The molecule has 0 bridgehead atoms. The van der Waals surface area contributed by atoms with Crippen LogP contribution in [0.5, 0.6) is 0 Å². The smallest absolute Gasteiger partial charge is 0.424 e. The molecule has 130 valence electrons. The van der Waals surface area contributed by atoms with Crippen LogP contribution >= 0.6 is 0 Å². The number of carbonyl (C=O) groups is 2. The molecule has 3 aromatic rings. The van der Waals surface area contributed by atoms with Crippen LogP contribution in [0.4, 0.5) is 10.7 Å². The Labute approximate surface area is 145 Å². The van der Waals surface area contributed by atoms with Gasteiger partial charge >= 0.3 is 6.09 Å². The van der Waals surface area contributed by atoms with Crippen LogP contribution in [0.3, 0.4) is 0 Å². The molecule has 0 fully saturated rings. The molecule has 0 aliphatic carbocycles. The van der Waals surface area contributed by atoms with E-state index in [9.17, 15) is 9.59 Å². The average Bonchev–Trinajstić information content (AvgIpc) is 3.16. The zero-order valence-corrected chi connectivity index (χ0v) is 14.4. The highest BCUT2D eigenvalue weighted by atomic mass is 16.6. The van der Waals surface area contributed by atoms with Crippen molar-refractivity contribution in [3.63, 3.8) is 0 Å². The standard InChI is InChI=1S/C19H20N2O4/c1-19(2,3)25-18(23)21(17-9-6-10-24-17)16(22)11-13-12-20-15-8-5-4-7-14(13)15/h4-10,12,20H,11H2,1-3H3. The van der Waals surface area contributed by atoms with Crippen molar-refractivity contribution in [2.75, 3.05) is 4.90 Å². The minimum atomic E-state index is -0.757. The van der Waals surface area contributed by atoms with Crippen LogP contribution in [0.25, 0.3) is 10.9 Å². The van der Waals surface area contributed by atoms with Crippen LogP contribution in [-0.4, -0.2) is 22.6 Å². The minimum absolute atomic E-state index is 0.0456. The van der Waals surface area contributed by atoms with Crippen LogP contribution in [0, 0.1) is 0 Å². The molecule has 0 saturated heterocycles. The van der Waals surface area contributed by atoms with E-state index in [1.807, 2.05) is 24.3 Å². The lowest BCUT2D eigenvalue weighted by Crippen LogP contribution is -2.41. The molecule has 0 saturated carbocycles. The third-order valence-corrected chi connectivity index (χ3v) is 3.57. The second kappa shape index (κ2) is 6.47. The predicted octanol–water partition coefficient (Wildman–Crippen LogP) is 4.27. The Morgan fingerprint density at radius 2 is 1.92 bits per heavy atom. The average molecular weight is 340 g/mol. The fourth-order valence-electron chi connectivity index (χ4n) is 2.54. The molecule has 0 spiro atoms. The number of nitrogens with one attached hydrogen (secondary N) is 1. The number of imide groups is 1. The highest BCUT2D eigenvalue weighted by Gasteiger charge is 2.30. The lowest BCUT2D eigenvalue weighted by atomic mass is 10.1. The normalized spacial score (nSPS) is 11.5. The topological polar surface area (TPSA) is 75.5 Å². The summed E-state index contributed by atoms with van der Waals surface area (Å²) >= 11 is 0. The summed E-state index contributed by atoms with van der Waals surface area (Å²) in [4.78, 5) is 29.4. The summed E-state index contributed by atoms with van der Waals surface area (Å²) in [6.45, 7) is 5.24. The molecule has 2 amide bonds. The molecule has 0 radical (unpaired) electrons. The Morgan fingerprint density at radius 1 is 1.16 bits per heavy atom. The molecule has 3 rings (SSSR count). The second-order valence-corrected chi connectivity index (χ2v) is 6.70. The number of furan rings is 1. The van der Waals surface area contributed by atoms with Crippen molar-refractivity contribution in [1.29, 1.82) is 0 Å². The first-order valence-electron chi connectivity index (χ1n) is 7.99. The number of nitrogens with zero attached hydrogens (tertiary/aromatic N) is 1. The molecule has 0 atom stereocenters. The van der Waals surface area contributed by atoms with Gasteiger partial charge in [-0.05, 0) is 38.5 Å². The molecule has 0 unspecified atom stereocenters. The van der Waals surface area contributed by atoms with Gasteiger partial charge in [-0.3, -0.25) is 4.79 Å².